The molecule has 1 heterocycles. The van der Waals surface area contributed by atoms with Crippen LogP contribution in [0, 0.1) is 0 Å². The van der Waals surface area contributed by atoms with Gasteiger partial charge in [0.05, 0.1) is 12.1 Å². The Bertz CT molecular complexity index is 948. The molecule has 0 unspecified atom stereocenters. The lowest BCUT2D eigenvalue weighted by Crippen LogP contribution is -2.04. The first-order chi connectivity index (χ1) is 12.6. The van der Waals surface area contributed by atoms with E-state index in [0.29, 0.717) is 18.8 Å². The van der Waals surface area contributed by atoms with Crippen molar-refractivity contribution < 1.29 is 9.84 Å². The minimum Gasteiger partial charge on any atom is -0.494 e. The van der Waals surface area contributed by atoms with Crippen molar-refractivity contribution in [2.45, 2.75) is 20.4 Å². The summed E-state index contributed by atoms with van der Waals surface area (Å²) in [5.74, 6) is 0.879. The molecular weight excluding hydrogens is 348 g/mol. The minimum absolute atomic E-state index is 0.0846. The maximum Gasteiger partial charge on any atom is 0.220 e. The number of anilines is 1. The number of nitrogens with zero attached hydrogens (tertiary/aromatic N) is 3. The van der Waals surface area contributed by atoms with Crippen LogP contribution in [0.2, 0.25) is 0 Å². The normalized spacial score (nSPS) is 11.2. The summed E-state index contributed by atoms with van der Waals surface area (Å²) in [4.78, 5) is 0. The van der Waals surface area contributed by atoms with Crippen molar-refractivity contribution >= 4 is 39.6 Å². The first kappa shape index (κ1) is 17.9. The molecule has 7 heteroatoms. The smallest absolute Gasteiger partial charge is 0.220 e. The van der Waals surface area contributed by atoms with E-state index < -0.39 is 0 Å². The molecule has 0 radical (unpaired) electrons. The number of rotatable bonds is 5. The highest BCUT2D eigenvalue weighted by molar-refractivity contribution is 7.80. The van der Waals surface area contributed by atoms with Crippen molar-refractivity contribution in [3.8, 4) is 11.6 Å². The van der Waals surface area contributed by atoms with Gasteiger partial charge in [0.2, 0.25) is 11.0 Å². The average molecular weight is 368 g/mol. The predicted molar refractivity (Wildman–Crippen MR) is 108 cm³/mol. The van der Waals surface area contributed by atoms with Crippen molar-refractivity contribution in [2.75, 3.05) is 11.9 Å². The molecule has 26 heavy (non-hydrogen) atoms. The summed E-state index contributed by atoms with van der Waals surface area (Å²) in [6.45, 7) is 5.16. The average Bonchev–Trinajstić information content (AvgIpc) is 2.92. The number of benzene rings is 2. The van der Waals surface area contributed by atoms with Crippen LogP contribution in [0.15, 0.2) is 58.8 Å². The summed E-state index contributed by atoms with van der Waals surface area (Å²) in [5.41, 5.74) is 2.11. The van der Waals surface area contributed by atoms with E-state index in [1.165, 1.54) is 0 Å². The van der Waals surface area contributed by atoms with Crippen LogP contribution >= 0.6 is 12.2 Å². The maximum absolute atomic E-state index is 10.4. The van der Waals surface area contributed by atoms with Gasteiger partial charge in [-0.3, -0.25) is 0 Å². The fourth-order valence-corrected chi connectivity index (χ4v) is 2.89. The van der Waals surface area contributed by atoms with Crippen LogP contribution in [-0.4, -0.2) is 21.4 Å². The van der Waals surface area contributed by atoms with Crippen LogP contribution in [0.25, 0.3) is 10.9 Å². The molecule has 0 saturated heterocycles. The van der Waals surface area contributed by atoms with E-state index in [1.807, 2.05) is 62.4 Å². The fraction of sp³-hybridized carbons (Fsp3) is 0.211. The van der Waals surface area contributed by atoms with Crippen molar-refractivity contribution in [1.82, 2.24) is 4.57 Å². The zero-order valence-corrected chi connectivity index (χ0v) is 15.5. The van der Waals surface area contributed by atoms with Gasteiger partial charge >= 0.3 is 0 Å². The Kier molecular flexibility index (Phi) is 5.48. The van der Waals surface area contributed by atoms with Crippen molar-refractivity contribution in [3.05, 3.63) is 48.5 Å². The van der Waals surface area contributed by atoms with Crippen LogP contribution in [0.4, 0.5) is 11.4 Å². The molecule has 2 aromatic carbocycles. The highest BCUT2D eigenvalue weighted by atomic mass is 32.1. The molecule has 2 N–H and O–H groups in total. The SMILES string of the molecule is CCOc1ccc(NC(=S)N=Nc2c(O)n(CC)c3ccccc23)cc1. The van der Waals surface area contributed by atoms with Gasteiger partial charge in [0.1, 0.15) is 5.75 Å². The number of ether oxygens (including phenoxy) is 1. The molecule has 0 atom stereocenters. The molecule has 134 valence electrons. The van der Waals surface area contributed by atoms with E-state index in [-0.39, 0.29) is 11.0 Å². The van der Waals surface area contributed by atoms with Gasteiger partial charge in [-0.1, -0.05) is 18.2 Å². The van der Waals surface area contributed by atoms with Gasteiger partial charge in [0, 0.05) is 17.6 Å². The number of para-hydroxylation sites is 1. The second-order valence-corrected chi connectivity index (χ2v) is 5.91. The van der Waals surface area contributed by atoms with E-state index in [9.17, 15) is 5.11 Å². The van der Waals surface area contributed by atoms with Gasteiger partial charge in [0.15, 0.2) is 5.69 Å². The van der Waals surface area contributed by atoms with Crippen molar-refractivity contribution in [1.29, 1.82) is 0 Å². The largest absolute Gasteiger partial charge is 0.494 e. The summed E-state index contributed by atoms with van der Waals surface area (Å²) < 4.78 is 7.19. The van der Waals surface area contributed by atoms with Crippen molar-refractivity contribution in [3.63, 3.8) is 0 Å². The lowest BCUT2D eigenvalue weighted by molar-refractivity contribution is 0.340. The van der Waals surface area contributed by atoms with Gasteiger partial charge in [-0.25, -0.2) is 0 Å². The van der Waals surface area contributed by atoms with E-state index >= 15 is 0 Å². The number of azo groups is 1. The van der Waals surface area contributed by atoms with Gasteiger partial charge < -0.3 is 19.7 Å². The molecule has 0 saturated carbocycles. The number of hydrogen-bond acceptors (Lipinski definition) is 4. The quantitative estimate of drug-likeness (QED) is 0.477. The number of hydrogen-bond donors (Lipinski definition) is 2. The predicted octanol–water partition coefficient (Wildman–Crippen LogP) is 5.25. The fourth-order valence-electron chi connectivity index (χ4n) is 2.74. The summed E-state index contributed by atoms with van der Waals surface area (Å²) in [7, 11) is 0. The standard InChI is InChI=1S/C19H20N4O2S/c1-3-23-16-8-6-5-7-15(16)17(18(23)24)21-22-19(26)20-13-9-11-14(12-10-13)25-4-2/h5-12,24H,3-4H2,1-2H3,(H,20,26). The Morgan fingerprint density at radius 1 is 1.15 bits per heavy atom. The lowest BCUT2D eigenvalue weighted by atomic mass is 10.2. The second-order valence-electron chi connectivity index (χ2n) is 5.52. The van der Waals surface area contributed by atoms with E-state index in [4.69, 9.17) is 17.0 Å². The summed E-state index contributed by atoms with van der Waals surface area (Å²) in [5, 5.41) is 22.7. The molecule has 0 aliphatic heterocycles. The van der Waals surface area contributed by atoms with Crippen molar-refractivity contribution in [2.24, 2.45) is 10.2 Å². The minimum atomic E-state index is 0.0846. The third-order valence-electron chi connectivity index (χ3n) is 3.89. The number of aryl methyl sites for hydroxylation is 1. The molecular formula is C19H20N4O2S. The van der Waals surface area contributed by atoms with Crippen LogP contribution in [0.5, 0.6) is 11.6 Å². The third-order valence-corrected chi connectivity index (χ3v) is 4.07. The Morgan fingerprint density at radius 2 is 1.88 bits per heavy atom. The highest BCUT2D eigenvalue weighted by Crippen LogP contribution is 2.38. The molecule has 0 fully saturated rings. The number of fused-ring (bicyclic) bond motifs is 1. The zero-order chi connectivity index (χ0) is 18.5. The molecule has 0 bridgehead atoms. The van der Waals surface area contributed by atoms with Crippen LogP contribution in [-0.2, 0) is 6.54 Å². The summed E-state index contributed by atoms with van der Waals surface area (Å²) >= 11 is 5.23. The van der Waals surface area contributed by atoms with E-state index in [1.54, 1.807) is 4.57 Å². The topological polar surface area (TPSA) is 71.1 Å². The molecule has 3 aromatic rings. The Labute approximate surface area is 157 Å². The van der Waals surface area contributed by atoms with Gasteiger partial charge in [-0.15, -0.1) is 10.2 Å². The third kappa shape index (κ3) is 3.67. The van der Waals surface area contributed by atoms with E-state index in [0.717, 1.165) is 22.3 Å². The number of thiocarbonyl (C=S) groups is 1. The number of aromatic nitrogens is 1. The first-order valence-electron chi connectivity index (χ1n) is 8.39. The van der Waals surface area contributed by atoms with E-state index in [2.05, 4.69) is 15.5 Å². The maximum atomic E-state index is 10.4. The molecule has 3 rings (SSSR count). The molecule has 0 aliphatic carbocycles. The first-order valence-corrected chi connectivity index (χ1v) is 8.80. The number of nitrogens with one attached hydrogen (secondary N) is 1. The zero-order valence-electron chi connectivity index (χ0n) is 14.6. The van der Waals surface area contributed by atoms with Crippen LogP contribution in [0.1, 0.15) is 13.8 Å². The Morgan fingerprint density at radius 3 is 2.58 bits per heavy atom. The molecule has 1 aromatic heterocycles. The molecule has 0 spiro atoms. The number of aromatic hydroxyl groups is 1. The second kappa shape index (κ2) is 7.97. The van der Waals surface area contributed by atoms with Gasteiger partial charge in [-0.05, 0) is 56.4 Å². The molecule has 0 aliphatic rings. The molecule has 6 nitrogen and oxygen atoms in total. The lowest BCUT2D eigenvalue weighted by Gasteiger charge is -2.05. The summed E-state index contributed by atoms with van der Waals surface area (Å²) in [6, 6.07) is 15.1. The van der Waals surface area contributed by atoms with Crippen LogP contribution < -0.4 is 10.1 Å². The Hall–Kier alpha value is -2.93. The van der Waals surface area contributed by atoms with Gasteiger partial charge in [0.25, 0.3) is 0 Å². The molecule has 0 amide bonds. The highest BCUT2D eigenvalue weighted by Gasteiger charge is 2.15. The Balaban J connectivity index is 1.78. The van der Waals surface area contributed by atoms with Gasteiger partial charge in [-0.2, -0.15) is 0 Å². The van der Waals surface area contributed by atoms with Crippen LogP contribution in [0.3, 0.4) is 0 Å². The monoisotopic (exact) mass is 368 g/mol. The summed E-state index contributed by atoms with van der Waals surface area (Å²) in [6.07, 6.45) is 0.